The molecule has 10 rings (SSSR count). The third-order valence-electron chi connectivity index (χ3n) is 9.14. The zero-order valence-corrected chi connectivity index (χ0v) is 25.4. The Morgan fingerprint density at radius 1 is 0.523 bits per heavy atom. The predicted molar refractivity (Wildman–Crippen MR) is 185 cm³/mol. The van der Waals surface area contributed by atoms with Gasteiger partial charge < -0.3 is 0 Å². The number of nitrogens with zero attached hydrogens (tertiary/aromatic N) is 4. The maximum absolute atomic E-state index is 2.48. The van der Waals surface area contributed by atoms with E-state index in [1.807, 2.05) is 0 Å². The van der Waals surface area contributed by atoms with E-state index in [9.17, 15) is 0 Å². The van der Waals surface area contributed by atoms with Crippen LogP contribution in [0.5, 0.6) is 0 Å². The van der Waals surface area contributed by atoms with Crippen LogP contribution in [0.1, 0.15) is 0 Å². The van der Waals surface area contributed by atoms with Crippen molar-refractivity contribution < 1.29 is 0 Å². The summed E-state index contributed by atoms with van der Waals surface area (Å²) in [5.41, 5.74) is 9.95. The molecule has 0 saturated heterocycles. The van der Waals surface area contributed by atoms with E-state index in [4.69, 9.17) is 0 Å². The second-order valence-electron chi connectivity index (χ2n) is 11.5. The van der Waals surface area contributed by atoms with Crippen LogP contribution in [0, 0.1) is 0 Å². The number of hydrogen-bond donors (Lipinski definition) is 0. The van der Waals surface area contributed by atoms with E-state index in [2.05, 4.69) is 170 Å². The first kappa shape index (κ1) is 24.3. The summed E-state index contributed by atoms with van der Waals surface area (Å²) >= 11 is 0.173. The molecular weight excluding hydrogens is 602 g/mol. The van der Waals surface area contributed by atoms with Crippen molar-refractivity contribution in [1.82, 2.24) is 13.5 Å². The van der Waals surface area contributed by atoms with Crippen molar-refractivity contribution in [2.24, 2.45) is 0 Å². The van der Waals surface area contributed by atoms with Crippen molar-refractivity contribution in [3.8, 4) is 16.8 Å². The SMILES string of the molecule is c1ccc(-c2ccc(N3c4cc(-n5c6ccccc6c6ccccc65)cc5c4B(n4cccc4[Se]5)n4cccc43)cc2)cc1. The Kier molecular flexibility index (Phi) is 5.07. The third-order valence-corrected chi connectivity index (χ3v) is 11.5. The first-order chi connectivity index (χ1) is 21.8. The molecule has 3 aromatic heterocycles. The van der Waals surface area contributed by atoms with E-state index in [0.717, 1.165) is 5.69 Å². The van der Waals surface area contributed by atoms with Gasteiger partial charge >= 0.3 is 263 Å². The summed E-state index contributed by atoms with van der Waals surface area (Å²) in [6.07, 6.45) is 4.49. The van der Waals surface area contributed by atoms with Gasteiger partial charge in [-0.2, -0.15) is 0 Å². The van der Waals surface area contributed by atoms with Crippen LogP contribution in [0.25, 0.3) is 38.6 Å². The molecule has 5 heterocycles. The molecule has 6 heteroatoms. The Labute approximate surface area is 261 Å². The van der Waals surface area contributed by atoms with Gasteiger partial charge in [-0.15, -0.1) is 0 Å². The van der Waals surface area contributed by atoms with E-state index in [1.54, 1.807) is 0 Å². The first-order valence-corrected chi connectivity index (χ1v) is 16.7. The molecule has 2 aliphatic heterocycles. The summed E-state index contributed by atoms with van der Waals surface area (Å²) < 4.78 is 10.2. The van der Waals surface area contributed by atoms with Gasteiger partial charge in [0.05, 0.1) is 0 Å². The Balaban J connectivity index is 1.25. The summed E-state index contributed by atoms with van der Waals surface area (Å²) in [6, 6.07) is 51.1. The van der Waals surface area contributed by atoms with E-state index in [0.29, 0.717) is 0 Å². The van der Waals surface area contributed by atoms with E-state index in [-0.39, 0.29) is 21.9 Å². The third kappa shape index (κ3) is 3.35. The average Bonchev–Trinajstić information content (AvgIpc) is 3.83. The van der Waals surface area contributed by atoms with Gasteiger partial charge in [0.1, 0.15) is 0 Å². The molecule has 44 heavy (non-hydrogen) atoms. The summed E-state index contributed by atoms with van der Waals surface area (Å²) in [5, 5.41) is 2.57. The summed E-state index contributed by atoms with van der Waals surface area (Å²) in [4.78, 5) is 2.46. The molecule has 0 amide bonds. The number of hydrogen-bond acceptors (Lipinski definition) is 1. The zero-order valence-electron chi connectivity index (χ0n) is 23.7. The molecule has 8 aromatic rings. The fourth-order valence-corrected chi connectivity index (χ4v) is 9.64. The molecule has 0 unspecified atom stereocenters. The molecule has 0 N–H and O–H groups in total. The van der Waals surface area contributed by atoms with Crippen molar-refractivity contribution in [3.63, 3.8) is 0 Å². The molecule has 0 radical (unpaired) electrons. The molecular formula is C38H25BN4Se. The van der Waals surface area contributed by atoms with E-state index < -0.39 is 0 Å². The Hall–Kier alpha value is -5.16. The van der Waals surface area contributed by atoms with Crippen molar-refractivity contribution in [3.05, 3.63) is 152 Å². The van der Waals surface area contributed by atoms with Crippen LogP contribution in [0.2, 0.25) is 0 Å². The predicted octanol–water partition coefficient (Wildman–Crippen LogP) is 6.60. The normalized spacial score (nSPS) is 13.3. The van der Waals surface area contributed by atoms with Gasteiger partial charge in [0.15, 0.2) is 0 Å². The van der Waals surface area contributed by atoms with Gasteiger partial charge in [0.2, 0.25) is 0 Å². The second kappa shape index (κ2) is 9.17. The number of benzene rings is 5. The molecule has 4 nitrogen and oxygen atoms in total. The minimum absolute atomic E-state index is 0.0951. The van der Waals surface area contributed by atoms with Crippen molar-refractivity contribution in [2.75, 3.05) is 4.90 Å². The first-order valence-electron chi connectivity index (χ1n) is 15.0. The second-order valence-corrected chi connectivity index (χ2v) is 13.7. The van der Waals surface area contributed by atoms with Crippen LogP contribution in [-0.4, -0.2) is 35.5 Å². The monoisotopic (exact) mass is 628 g/mol. The fraction of sp³-hybridized carbons (Fsp3) is 0. The molecule has 0 fully saturated rings. The standard InChI is InChI=1S/C38H25BN4Se/c1-2-10-26(11-3-1)27-18-20-28(21-19-27)43-34-24-29(42-32-14-6-4-12-30(32)31-13-5-7-15-33(31)42)25-35-38(34)39(40-22-8-16-36(40)43)41-23-9-17-37(41)44-35/h1-25H. The van der Waals surface area contributed by atoms with Crippen molar-refractivity contribution >= 4 is 75.5 Å². The van der Waals surface area contributed by atoms with Crippen molar-refractivity contribution in [2.45, 2.75) is 0 Å². The zero-order chi connectivity index (χ0) is 28.8. The van der Waals surface area contributed by atoms with Gasteiger partial charge in [-0.3, -0.25) is 0 Å². The topological polar surface area (TPSA) is 18.0 Å². The summed E-state index contributed by atoms with van der Waals surface area (Å²) in [6.45, 7) is 0.0951. The maximum atomic E-state index is 2.48. The number of fused-ring (bicyclic) bond motifs is 7. The average molecular weight is 627 g/mol. The van der Waals surface area contributed by atoms with Crippen LogP contribution in [0.15, 0.2) is 152 Å². The summed E-state index contributed by atoms with van der Waals surface area (Å²) in [5.74, 6) is 1.18. The molecule has 0 saturated carbocycles. The molecule has 2 aliphatic rings. The van der Waals surface area contributed by atoms with Crippen LogP contribution in [-0.2, 0) is 0 Å². The van der Waals surface area contributed by atoms with Gasteiger partial charge in [0, 0.05) is 0 Å². The molecule has 206 valence electrons. The van der Waals surface area contributed by atoms with Gasteiger partial charge in [-0.1, -0.05) is 0 Å². The molecule has 5 aromatic carbocycles. The van der Waals surface area contributed by atoms with Crippen molar-refractivity contribution in [1.29, 1.82) is 0 Å². The quantitative estimate of drug-likeness (QED) is 0.202. The molecule has 0 bridgehead atoms. The fourth-order valence-electron chi connectivity index (χ4n) is 7.26. The minimum atomic E-state index is 0.0951. The van der Waals surface area contributed by atoms with E-state index in [1.165, 1.54) is 64.6 Å². The van der Waals surface area contributed by atoms with Crippen LogP contribution < -0.4 is 19.4 Å². The summed E-state index contributed by atoms with van der Waals surface area (Å²) in [7, 11) is 0. The Bertz CT molecular complexity index is 2330. The Morgan fingerprint density at radius 3 is 1.95 bits per heavy atom. The number of para-hydroxylation sites is 2. The Morgan fingerprint density at radius 2 is 1.18 bits per heavy atom. The van der Waals surface area contributed by atoms with Gasteiger partial charge in [0.25, 0.3) is 0 Å². The number of rotatable bonds is 3. The van der Waals surface area contributed by atoms with Crippen LogP contribution >= 0.6 is 0 Å². The van der Waals surface area contributed by atoms with Gasteiger partial charge in [-0.05, 0) is 0 Å². The van der Waals surface area contributed by atoms with Crippen LogP contribution in [0.4, 0.5) is 17.2 Å². The number of anilines is 3. The van der Waals surface area contributed by atoms with E-state index >= 15 is 0 Å². The molecule has 0 atom stereocenters. The molecule has 0 aliphatic carbocycles. The van der Waals surface area contributed by atoms with Crippen LogP contribution in [0.3, 0.4) is 0 Å². The number of aromatic nitrogens is 3. The molecule has 0 spiro atoms. The van der Waals surface area contributed by atoms with Gasteiger partial charge in [-0.25, -0.2) is 0 Å².